The number of carbonyl (C=O) groups excluding carboxylic acids is 1. The van der Waals surface area contributed by atoms with Crippen LogP contribution in [0.4, 0.5) is 0 Å². The number of aromatic nitrogens is 2. The summed E-state index contributed by atoms with van der Waals surface area (Å²) in [6.07, 6.45) is 4.59. The molecule has 0 unspecified atom stereocenters. The van der Waals surface area contributed by atoms with Crippen molar-refractivity contribution in [3.05, 3.63) is 70.5 Å². The van der Waals surface area contributed by atoms with E-state index in [0.717, 1.165) is 10.6 Å². The van der Waals surface area contributed by atoms with Crippen LogP contribution in [0.15, 0.2) is 59.3 Å². The lowest BCUT2D eigenvalue weighted by Crippen LogP contribution is -2.17. The Kier molecular flexibility index (Phi) is 4.75. The van der Waals surface area contributed by atoms with Gasteiger partial charge in [0.05, 0.1) is 17.5 Å². The average molecular weight is 343 g/mol. The minimum Gasteiger partial charge on any atom is -0.267 e. The maximum atomic E-state index is 11.8. The summed E-state index contributed by atoms with van der Waals surface area (Å²) < 4.78 is 0. The number of amides is 1. The zero-order chi connectivity index (χ0) is 16.1. The highest BCUT2D eigenvalue weighted by Crippen LogP contribution is 2.24. The number of halogens is 1. The molecular weight excluding hydrogens is 332 g/mol. The first-order valence-electron chi connectivity index (χ1n) is 6.67. The molecule has 0 saturated carbocycles. The van der Waals surface area contributed by atoms with Crippen molar-refractivity contribution in [3.8, 4) is 10.6 Å². The number of pyridine rings is 1. The van der Waals surface area contributed by atoms with E-state index in [9.17, 15) is 4.79 Å². The van der Waals surface area contributed by atoms with E-state index in [1.54, 1.807) is 18.3 Å². The van der Waals surface area contributed by atoms with Gasteiger partial charge >= 0.3 is 0 Å². The maximum Gasteiger partial charge on any atom is 0.272 e. The third kappa shape index (κ3) is 4.00. The van der Waals surface area contributed by atoms with E-state index in [1.807, 2.05) is 29.6 Å². The monoisotopic (exact) mass is 342 g/mol. The second-order valence-corrected chi connectivity index (χ2v) is 5.82. The van der Waals surface area contributed by atoms with Gasteiger partial charge in [-0.1, -0.05) is 23.7 Å². The second kappa shape index (κ2) is 7.13. The zero-order valence-corrected chi connectivity index (χ0v) is 13.4. The summed E-state index contributed by atoms with van der Waals surface area (Å²) in [5.41, 5.74) is 4.55. The van der Waals surface area contributed by atoms with Gasteiger partial charge < -0.3 is 0 Å². The van der Waals surface area contributed by atoms with Crippen molar-refractivity contribution in [2.45, 2.75) is 0 Å². The average Bonchev–Trinajstić information content (AvgIpc) is 3.05. The number of carbonyl (C=O) groups is 1. The van der Waals surface area contributed by atoms with Crippen LogP contribution in [0.25, 0.3) is 10.6 Å². The maximum absolute atomic E-state index is 11.8. The first-order chi connectivity index (χ1) is 11.2. The molecule has 0 aliphatic rings. The van der Waals surface area contributed by atoms with Gasteiger partial charge in [0, 0.05) is 28.4 Å². The molecule has 2 aromatic heterocycles. The summed E-state index contributed by atoms with van der Waals surface area (Å²) in [6.45, 7) is 0. The molecule has 0 bridgehead atoms. The molecule has 0 atom stereocenters. The largest absolute Gasteiger partial charge is 0.272 e. The Morgan fingerprint density at radius 1 is 1.26 bits per heavy atom. The van der Waals surface area contributed by atoms with E-state index in [2.05, 4.69) is 20.5 Å². The molecule has 7 heteroatoms. The van der Waals surface area contributed by atoms with Crippen molar-refractivity contribution in [2.75, 3.05) is 0 Å². The fourth-order valence-corrected chi connectivity index (χ4v) is 2.69. The van der Waals surface area contributed by atoms with E-state index in [1.165, 1.54) is 23.7 Å². The summed E-state index contributed by atoms with van der Waals surface area (Å²) in [6, 6.07) is 10.8. The van der Waals surface area contributed by atoms with Gasteiger partial charge in [0.25, 0.3) is 5.91 Å². The smallest absolute Gasteiger partial charge is 0.267 e. The van der Waals surface area contributed by atoms with Crippen molar-refractivity contribution in [1.29, 1.82) is 0 Å². The Morgan fingerprint density at radius 2 is 2.09 bits per heavy atom. The van der Waals surface area contributed by atoms with Gasteiger partial charge in [-0.3, -0.25) is 9.78 Å². The van der Waals surface area contributed by atoms with E-state index in [0.29, 0.717) is 16.3 Å². The van der Waals surface area contributed by atoms with Gasteiger partial charge in [0.15, 0.2) is 0 Å². The van der Waals surface area contributed by atoms with Crippen molar-refractivity contribution in [3.63, 3.8) is 0 Å². The molecule has 0 fully saturated rings. The van der Waals surface area contributed by atoms with Gasteiger partial charge in [-0.2, -0.15) is 5.10 Å². The fourth-order valence-electron chi connectivity index (χ4n) is 1.79. The standard InChI is InChI=1S/C16H11ClN4OS/c17-13-5-3-11(4-6-13)16-20-14(10-23-16)9-19-21-15(22)12-2-1-7-18-8-12/h1-10H,(H,21,22)/b19-9-. The molecule has 0 saturated heterocycles. The van der Waals surface area contributed by atoms with Crippen LogP contribution in [-0.4, -0.2) is 22.1 Å². The molecule has 0 aliphatic carbocycles. The predicted molar refractivity (Wildman–Crippen MR) is 91.9 cm³/mol. The summed E-state index contributed by atoms with van der Waals surface area (Å²) in [5, 5.41) is 7.32. The van der Waals surface area contributed by atoms with Gasteiger partial charge in [-0.25, -0.2) is 10.4 Å². The number of nitrogens with zero attached hydrogens (tertiary/aromatic N) is 3. The van der Waals surface area contributed by atoms with Gasteiger partial charge in [-0.15, -0.1) is 11.3 Å². The molecule has 0 radical (unpaired) electrons. The van der Waals surface area contributed by atoms with Gasteiger partial charge in [-0.05, 0) is 24.3 Å². The topological polar surface area (TPSA) is 67.2 Å². The van der Waals surface area contributed by atoms with Crippen LogP contribution in [0, 0.1) is 0 Å². The van der Waals surface area contributed by atoms with Crippen molar-refractivity contribution in [1.82, 2.24) is 15.4 Å². The first-order valence-corrected chi connectivity index (χ1v) is 7.93. The van der Waals surface area contributed by atoms with Crippen LogP contribution in [0.5, 0.6) is 0 Å². The second-order valence-electron chi connectivity index (χ2n) is 4.53. The molecule has 0 spiro atoms. The van der Waals surface area contributed by atoms with Crippen molar-refractivity contribution >= 4 is 35.1 Å². The van der Waals surface area contributed by atoms with Crippen LogP contribution in [-0.2, 0) is 0 Å². The quantitative estimate of drug-likeness (QED) is 0.581. The van der Waals surface area contributed by atoms with Crippen molar-refractivity contribution in [2.24, 2.45) is 5.10 Å². The summed E-state index contributed by atoms with van der Waals surface area (Å²) in [4.78, 5) is 20.1. The first kappa shape index (κ1) is 15.3. The number of thiazole rings is 1. The Bertz CT molecular complexity index is 831. The molecule has 2 heterocycles. The lowest BCUT2D eigenvalue weighted by molar-refractivity contribution is 0.0955. The molecule has 1 amide bonds. The number of hydrogen-bond donors (Lipinski definition) is 1. The summed E-state index contributed by atoms with van der Waals surface area (Å²) >= 11 is 7.37. The minimum absolute atomic E-state index is 0.317. The lowest BCUT2D eigenvalue weighted by atomic mass is 10.2. The molecule has 5 nitrogen and oxygen atoms in total. The highest BCUT2D eigenvalue weighted by atomic mass is 35.5. The van der Waals surface area contributed by atoms with Crippen molar-refractivity contribution < 1.29 is 4.79 Å². The summed E-state index contributed by atoms with van der Waals surface area (Å²) in [7, 11) is 0. The third-order valence-electron chi connectivity index (χ3n) is 2.90. The van der Waals surface area contributed by atoms with E-state index in [4.69, 9.17) is 11.6 Å². The molecule has 1 N–H and O–H groups in total. The van der Waals surface area contributed by atoms with Gasteiger partial charge in [0.2, 0.25) is 0 Å². The number of nitrogens with one attached hydrogen (secondary N) is 1. The van der Waals surface area contributed by atoms with E-state index < -0.39 is 0 Å². The zero-order valence-electron chi connectivity index (χ0n) is 11.8. The Balaban J connectivity index is 1.65. The molecule has 3 rings (SSSR count). The number of rotatable bonds is 4. The molecule has 114 valence electrons. The predicted octanol–water partition coefficient (Wildman–Crippen LogP) is 3.62. The van der Waals surface area contributed by atoms with E-state index >= 15 is 0 Å². The summed E-state index contributed by atoms with van der Waals surface area (Å²) in [5.74, 6) is -0.317. The van der Waals surface area contributed by atoms with Crippen LogP contribution in [0.2, 0.25) is 5.02 Å². The van der Waals surface area contributed by atoms with Crippen LogP contribution in [0.1, 0.15) is 16.1 Å². The number of benzene rings is 1. The highest BCUT2D eigenvalue weighted by molar-refractivity contribution is 7.13. The number of hydrazone groups is 1. The fraction of sp³-hybridized carbons (Fsp3) is 0. The van der Waals surface area contributed by atoms with Crippen LogP contribution >= 0.6 is 22.9 Å². The molecule has 23 heavy (non-hydrogen) atoms. The minimum atomic E-state index is -0.317. The Hall–Kier alpha value is -2.57. The van der Waals surface area contributed by atoms with Crippen LogP contribution in [0.3, 0.4) is 0 Å². The van der Waals surface area contributed by atoms with E-state index in [-0.39, 0.29) is 5.91 Å². The van der Waals surface area contributed by atoms with Crippen LogP contribution < -0.4 is 5.43 Å². The molecule has 1 aromatic carbocycles. The third-order valence-corrected chi connectivity index (χ3v) is 4.06. The number of hydrogen-bond acceptors (Lipinski definition) is 5. The normalized spacial score (nSPS) is 10.8. The highest BCUT2D eigenvalue weighted by Gasteiger charge is 2.05. The Morgan fingerprint density at radius 3 is 2.83 bits per heavy atom. The molecule has 3 aromatic rings. The lowest BCUT2D eigenvalue weighted by Gasteiger charge is -1.97. The van der Waals surface area contributed by atoms with Gasteiger partial charge in [0.1, 0.15) is 5.01 Å². The molecular formula is C16H11ClN4OS. The molecule has 0 aliphatic heterocycles. The Labute approximate surface area is 141 Å². The SMILES string of the molecule is O=C(N/N=C\c1csc(-c2ccc(Cl)cc2)n1)c1cccnc1.